The molecule has 0 amide bonds. The molecule has 0 fully saturated rings. The van der Waals surface area contributed by atoms with Crippen molar-refractivity contribution in [2.24, 2.45) is 0 Å². The monoisotopic (exact) mass is 270 g/mol. The molecule has 0 aliphatic heterocycles. The highest BCUT2D eigenvalue weighted by Gasteiger charge is 2.02. The van der Waals surface area contributed by atoms with E-state index in [1.165, 1.54) is 12.1 Å². The molecular weight excluding hydrogens is 255 g/mol. The second kappa shape index (κ2) is 5.28. The zero-order valence-electron chi connectivity index (χ0n) is 11.2. The van der Waals surface area contributed by atoms with Crippen LogP contribution in [0.1, 0.15) is 11.1 Å². The molecule has 3 aromatic rings. The van der Waals surface area contributed by atoms with Gasteiger partial charge in [-0.3, -0.25) is 0 Å². The third-order valence-corrected chi connectivity index (χ3v) is 3.09. The van der Waals surface area contributed by atoms with Crippen molar-refractivity contribution >= 4 is 11.6 Å². The van der Waals surface area contributed by atoms with Gasteiger partial charge in [0.2, 0.25) is 5.95 Å². The number of rotatable bonds is 4. The Morgan fingerprint density at radius 2 is 1.95 bits per heavy atom. The zero-order valence-corrected chi connectivity index (χ0v) is 11.2. The van der Waals surface area contributed by atoms with Gasteiger partial charge >= 0.3 is 0 Å². The normalized spacial score (nSPS) is 10.9. The number of fused-ring (bicyclic) bond motifs is 1. The van der Waals surface area contributed by atoms with E-state index >= 15 is 0 Å². The summed E-state index contributed by atoms with van der Waals surface area (Å²) < 4.78 is 14.5. The standard InChI is InChI=1S/C15H15FN4/c1-11-2-7-14-18-15(19-20(14)10-11)17-9-8-12-3-5-13(16)6-4-12/h2-7,10H,8-9H2,1H3,(H,17,19). The van der Waals surface area contributed by atoms with Crippen molar-refractivity contribution in [3.8, 4) is 0 Å². The second-order valence-corrected chi connectivity index (χ2v) is 4.75. The number of pyridine rings is 1. The summed E-state index contributed by atoms with van der Waals surface area (Å²) in [5.74, 6) is 0.400. The molecule has 4 nitrogen and oxygen atoms in total. The van der Waals surface area contributed by atoms with Gasteiger partial charge in [0.1, 0.15) is 5.82 Å². The Hall–Kier alpha value is -2.43. The van der Waals surface area contributed by atoms with Crippen LogP contribution < -0.4 is 5.32 Å². The van der Waals surface area contributed by atoms with E-state index in [1.807, 2.05) is 25.3 Å². The molecule has 3 rings (SSSR count). The van der Waals surface area contributed by atoms with E-state index in [4.69, 9.17) is 0 Å². The van der Waals surface area contributed by atoms with Crippen LogP contribution in [-0.2, 0) is 6.42 Å². The van der Waals surface area contributed by atoms with Crippen LogP contribution in [0.15, 0.2) is 42.6 Å². The van der Waals surface area contributed by atoms with Crippen molar-refractivity contribution in [1.82, 2.24) is 14.6 Å². The molecule has 0 aliphatic carbocycles. The summed E-state index contributed by atoms with van der Waals surface area (Å²) in [5.41, 5.74) is 3.04. The summed E-state index contributed by atoms with van der Waals surface area (Å²) in [4.78, 5) is 4.38. The van der Waals surface area contributed by atoms with Gasteiger partial charge in [0.25, 0.3) is 0 Å². The fraction of sp³-hybridized carbons (Fsp3) is 0.200. The van der Waals surface area contributed by atoms with Gasteiger partial charge in [-0.2, -0.15) is 4.98 Å². The number of halogens is 1. The van der Waals surface area contributed by atoms with Crippen LogP contribution in [-0.4, -0.2) is 21.1 Å². The maximum absolute atomic E-state index is 12.8. The Morgan fingerprint density at radius 1 is 1.15 bits per heavy atom. The number of hydrogen-bond acceptors (Lipinski definition) is 3. The molecule has 0 radical (unpaired) electrons. The van der Waals surface area contributed by atoms with E-state index in [1.54, 1.807) is 16.6 Å². The Bertz CT molecular complexity index is 718. The van der Waals surface area contributed by atoms with Crippen molar-refractivity contribution in [3.05, 3.63) is 59.5 Å². The summed E-state index contributed by atoms with van der Waals surface area (Å²) in [5, 5.41) is 7.53. The lowest BCUT2D eigenvalue weighted by Gasteiger charge is -2.02. The molecule has 102 valence electrons. The predicted octanol–water partition coefficient (Wildman–Crippen LogP) is 2.83. The van der Waals surface area contributed by atoms with E-state index in [0.29, 0.717) is 12.5 Å². The third-order valence-electron chi connectivity index (χ3n) is 3.09. The highest BCUT2D eigenvalue weighted by Crippen LogP contribution is 2.08. The van der Waals surface area contributed by atoms with Crippen LogP contribution >= 0.6 is 0 Å². The molecule has 1 aromatic carbocycles. The quantitative estimate of drug-likeness (QED) is 0.792. The summed E-state index contributed by atoms with van der Waals surface area (Å²) in [6.07, 6.45) is 2.74. The topological polar surface area (TPSA) is 42.2 Å². The average Bonchev–Trinajstić information content (AvgIpc) is 2.83. The first-order chi connectivity index (χ1) is 9.70. The van der Waals surface area contributed by atoms with Gasteiger partial charge in [-0.1, -0.05) is 18.2 Å². The van der Waals surface area contributed by atoms with E-state index in [9.17, 15) is 4.39 Å². The van der Waals surface area contributed by atoms with Crippen LogP contribution in [0.3, 0.4) is 0 Å². The summed E-state index contributed by atoms with van der Waals surface area (Å²) in [7, 11) is 0. The number of aryl methyl sites for hydroxylation is 1. The number of nitrogens with one attached hydrogen (secondary N) is 1. The molecule has 0 aliphatic rings. The minimum atomic E-state index is -0.209. The van der Waals surface area contributed by atoms with Crippen LogP contribution in [0.5, 0.6) is 0 Å². The first-order valence-electron chi connectivity index (χ1n) is 6.52. The minimum Gasteiger partial charge on any atom is -0.353 e. The number of nitrogens with zero attached hydrogens (tertiary/aromatic N) is 3. The average molecular weight is 270 g/mol. The lowest BCUT2D eigenvalue weighted by molar-refractivity contribution is 0.627. The SMILES string of the molecule is Cc1ccc2nc(NCCc3ccc(F)cc3)nn2c1. The molecule has 0 spiro atoms. The maximum Gasteiger partial charge on any atom is 0.243 e. The first kappa shape index (κ1) is 12.6. The van der Waals surface area contributed by atoms with Gasteiger partial charge in [-0.15, -0.1) is 5.10 Å². The number of anilines is 1. The van der Waals surface area contributed by atoms with Crippen LogP contribution in [0.25, 0.3) is 5.65 Å². The molecule has 5 heteroatoms. The number of hydrogen-bond donors (Lipinski definition) is 1. The fourth-order valence-electron chi connectivity index (χ4n) is 2.03. The first-order valence-corrected chi connectivity index (χ1v) is 6.52. The molecular formula is C15H15FN4. The molecule has 2 heterocycles. The summed E-state index contributed by atoms with van der Waals surface area (Å²) in [6.45, 7) is 2.73. The smallest absolute Gasteiger partial charge is 0.243 e. The van der Waals surface area contributed by atoms with E-state index < -0.39 is 0 Å². The van der Waals surface area contributed by atoms with Gasteiger partial charge in [-0.05, 0) is 42.7 Å². The van der Waals surface area contributed by atoms with Gasteiger partial charge < -0.3 is 5.32 Å². The van der Waals surface area contributed by atoms with Crippen LogP contribution in [0.2, 0.25) is 0 Å². The molecule has 20 heavy (non-hydrogen) atoms. The van der Waals surface area contributed by atoms with Gasteiger partial charge in [0.15, 0.2) is 5.65 Å². The van der Waals surface area contributed by atoms with Crippen molar-refractivity contribution in [2.75, 3.05) is 11.9 Å². The number of aromatic nitrogens is 3. The molecule has 0 saturated heterocycles. The van der Waals surface area contributed by atoms with Crippen molar-refractivity contribution in [1.29, 1.82) is 0 Å². The highest BCUT2D eigenvalue weighted by molar-refractivity contribution is 5.44. The van der Waals surface area contributed by atoms with Crippen molar-refractivity contribution < 1.29 is 4.39 Å². The fourth-order valence-corrected chi connectivity index (χ4v) is 2.03. The molecule has 0 atom stereocenters. The summed E-state index contributed by atoms with van der Waals surface area (Å²) >= 11 is 0. The van der Waals surface area contributed by atoms with Gasteiger partial charge in [-0.25, -0.2) is 8.91 Å². The van der Waals surface area contributed by atoms with E-state index in [-0.39, 0.29) is 5.82 Å². The predicted molar refractivity (Wildman–Crippen MR) is 76.3 cm³/mol. The molecule has 0 unspecified atom stereocenters. The minimum absolute atomic E-state index is 0.209. The highest BCUT2D eigenvalue weighted by atomic mass is 19.1. The van der Waals surface area contributed by atoms with E-state index in [0.717, 1.165) is 23.2 Å². The third kappa shape index (κ3) is 2.77. The lowest BCUT2D eigenvalue weighted by Crippen LogP contribution is -2.06. The van der Waals surface area contributed by atoms with Crippen molar-refractivity contribution in [2.45, 2.75) is 13.3 Å². The maximum atomic E-state index is 12.8. The molecule has 0 bridgehead atoms. The Kier molecular flexibility index (Phi) is 3.33. The van der Waals surface area contributed by atoms with Crippen LogP contribution in [0.4, 0.5) is 10.3 Å². The second-order valence-electron chi connectivity index (χ2n) is 4.75. The molecule has 1 N–H and O–H groups in total. The molecule has 0 saturated carbocycles. The van der Waals surface area contributed by atoms with Crippen molar-refractivity contribution in [3.63, 3.8) is 0 Å². The largest absolute Gasteiger partial charge is 0.353 e. The van der Waals surface area contributed by atoms with Gasteiger partial charge in [0, 0.05) is 12.7 Å². The molecule has 2 aromatic heterocycles. The Labute approximate surface area is 116 Å². The Morgan fingerprint density at radius 3 is 2.75 bits per heavy atom. The van der Waals surface area contributed by atoms with E-state index in [2.05, 4.69) is 15.4 Å². The van der Waals surface area contributed by atoms with Gasteiger partial charge in [0.05, 0.1) is 0 Å². The van der Waals surface area contributed by atoms with Crippen LogP contribution in [0, 0.1) is 12.7 Å². The number of benzene rings is 1. The Balaban J connectivity index is 1.63. The summed E-state index contributed by atoms with van der Waals surface area (Å²) in [6, 6.07) is 10.5. The zero-order chi connectivity index (χ0) is 13.9. The lowest BCUT2D eigenvalue weighted by atomic mass is 10.1.